The second-order valence-electron chi connectivity index (χ2n) is 8.72. The standard InChI is InChI=1S/C23H28N4O2.C2HF3O2/c1-26-13-15-27(16-14-26)23(29)18-7-9-19(10-8-18)24-22(28)21-12-11-20(25-21)17-5-3-2-4-6-17;3-2(4,5)1(6)7/h2-10,20-21,25H,11-16H2,1H3,(H,24,28);(H,6,7)/t20-,21-;/m1./s1. The monoisotopic (exact) mass is 506 g/mol. The van der Waals surface area contributed by atoms with E-state index in [1.165, 1.54) is 5.56 Å². The van der Waals surface area contributed by atoms with Crippen LogP contribution in [0.3, 0.4) is 0 Å². The fourth-order valence-electron chi connectivity index (χ4n) is 4.02. The molecule has 0 spiro atoms. The van der Waals surface area contributed by atoms with Crippen molar-refractivity contribution in [2.24, 2.45) is 0 Å². The third-order valence-electron chi connectivity index (χ3n) is 6.10. The van der Waals surface area contributed by atoms with Crippen molar-refractivity contribution in [2.75, 3.05) is 38.5 Å². The van der Waals surface area contributed by atoms with Crippen molar-refractivity contribution in [1.29, 1.82) is 0 Å². The number of piperazine rings is 1. The second kappa shape index (κ2) is 12.0. The topological polar surface area (TPSA) is 102 Å². The Morgan fingerprint density at radius 3 is 2.08 bits per heavy atom. The SMILES string of the molecule is CN1CCN(C(=O)c2ccc(NC(=O)[C@H]3CC[C@H](c4ccccc4)N3)cc2)CC1.O=C(O)C(F)(F)F. The zero-order chi connectivity index (χ0) is 26.3. The molecule has 0 aliphatic carbocycles. The Hall–Kier alpha value is -3.44. The minimum atomic E-state index is -5.08. The number of aliphatic carboxylic acids is 1. The van der Waals surface area contributed by atoms with Crippen LogP contribution in [-0.2, 0) is 9.59 Å². The molecule has 2 saturated heterocycles. The van der Waals surface area contributed by atoms with Crippen molar-refractivity contribution in [1.82, 2.24) is 15.1 Å². The molecule has 11 heteroatoms. The molecule has 0 aromatic heterocycles. The van der Waals surface area contributed by atoms with Crippen LogP contribution in [0.2, 0.25) is 0 Å². The summed E-state index contributed by atoms with van der Waals surface area (Å²) in [6.07, 6.45) is -3.33. The van der Waals surface area contributed by atoms with Crippen LogP contribution in [0.15, 0.2) is 54.6 Å². The largest absolute Gasteiger partial charge is 0.490 e. The highest BCUT2D eigenvalue weighted by atomic mass is 19.4. The molecule has 36 heavy (non-hydrogen) atoms. The third kappa shape index (κ3) is 7.53. The summed E-state index contributed by atoms with van der Waals surface area (Å²) in [5, 5.41) is 13.5. The van der Waals surface area contributed by atoms with Gasteiger partial charge in [0.15, 0.2) is 0 Å². The van der Waals surface area contributed by atoms with Gasteiger partial charge in [-0.1, -0.05) is 30.3 Å². The molecule has 2 aliphatic heterocycles. The molecule has 3 N–H and O–H groups in total. The van der Waals surface area contributed by atoms with E-state index in [2.05, 4.69) is 34.7 Å². The van der Waals surface area contributed by atoms with E-state index in [4.69, 9.17) is 9.90 Å². The van der Waals surface area contributed by atoms with Crippen LogP contribution >= 0.6 is 0 Å². The number of halogens is 3. The fraction of sp³-hybridized carbons (Fsp3) is 0.400. The van der Waals surface area contributed by atoms with Crippen LogP contribution in [-0.4, -0.2) is 78.1 Å². The Labute approximate surface area is 207 Å². The number of amides is 2. The zero-order valence-corrected chi connectivity index (χ0v) is 19.8. The number of nitrogens with one attached hydrogen (secondary N) is 2. The van der Waals surface area contributed by atoms with Gasteiger partial charge in [-0.25, -0.2) is 4.79 Å². The molecule has 2 heterocycles. The van der Waals surface area contributed by atoms with Gasteiger partial charge in [-0.2, -0.15) is 13.2 Å². The molecule has 4 rings (SSSR count). The number of benzene rings is 2. The summed E-state index contributed by atoms with van der Waals surface area (Å²) in [6, 6.07) is 17.5. The highest BCUT2D eigenvalue weighted by Crippen LogP contribution is 2.27. The van der Waals surface area contributed by atoms with Crippen molar-refractivity contribution in [3.8, 4) is 0 Å². The Morgan fingerprint density at radius 1 is 0.944 bits per heavy atom. The van der Waals surface area contributed by atoms with Gasteiger partial charge in [0.25, 0.3) is 5.91 Å². The predicted molar refractivity (Wildman–Crippen MR) is 128 cm³/mol. The van der Waals surface area contributed by atoms with E-state index in [9.17, 15) is 22.8 Å². The maximum atomic E-state index is 12.6. The summed E-state index contributed by atoms with van der Waals surface area (Å²) in [6.45, 7) is 3.31. The van der Waals surface area contributed by atoms with E-state index >= 15 is 0 Å². The minimum Gasteiger partial charge on any atom is -0.475 e. The highest BCUT2D eigenvalue weighted by Gasteiger charge is 2.38. The molecule has 2 aromatic carbocycles. The number of rotatable bonds is 4. The second-order valence-corrected chi connectivity index (χ2v) is 8.72. The number of hydrogen-bond acceptors (Lipinski definition) is 5. The molecule has 2 atom stereocenters. The summed E-state index contributed by atoms with van der Waals surface area (Å²) < 4.78 is 31.7. The van der Waals surface area contributed by atoms with Crippen LogP contribution < -0.4 is 10.6 Å². The maximum absolute atomic E-state index is 12.6. The number of carboxylic acid groups (broad SMARTS) is 1. The smallest absolute Gasteiger partial charge is 0.475 e. The maximum Gasteiger partial charge on any atom is 0.490 e. The van der Waals surface area contributed by atoms with Crippen LogP contribution in [0.1, 0.15) is 34.8 Å². The zero-order valence-electron chi connectivity index (χ0n) is 19.8. The number of alkyl halides is 3. The molecule has 194 valence electrons. The first-order chi connectivity index (χ1) is 17.0. The predicted octanol–water partition coefficient (Wildman–Crippen LogP) is 3.14. The van der Waals surface area contributed by atoms with E-state index in [-0.39, 0.29) is 23.9 Å². The molecule has 0 bridgehead atoms. The third-order valence-corrected chi connectivity index (χ3v) is 6.10. The lowest BCUT2D eigenvalue weighted by molar-refractivity contribution is -0.192. The van der Waals surface area contributed by atoms with E-state index in [1.807, 2.05) is 35.2 Å². The number of anilines is 1. The Bertz CT molecular complexity index is 1040. The van der Waals surface area contributed by atoms with Gasteiger partial charge in [0, 0.05) is 43.5 Å². The summed E-state index contributed by atoms with van der Waals surface area (Å²) in [7, 11) is 2.07. The van der Waals surface area contributed by atoms with Crippen molar-refractivity contribution < 1.29 is 32.7 Å². The number of carbonyl (C=O) groups is 3. The number of hydrogen-bond donors (Lipinski definition) is 3. The lowest BCUT2D eigenvalue weighted by Crippen LogP contribution is -2.47. The molecular formula is C25H29F3N4O4. The molecule has 2 aliphatic rings. The van der Waals surface area contributed by atoms with Crippen molar-refractivity contribution >= 4 is 23.5 Å². The van der Waals surface area contributed by atoms with Gasteiger partial charge in [0.1, 0.15) is 0 Å². The molecule has 0 unspecified atom stereocenters. The molecule has 2 fully saturated rings. The highest BCUT2D eigenvalue weighted by molar-refractivity contribution is 5.97. The van der Waals surface area contributed by atoms with Gasteiger partial charge < -0.3 is 20.2 Å². The number of carbonyl (C=O) groups excluding carboxylic acids is 2. The Kier molecular flexibility index (Phi) is 9.05. The van der Waals surface area contributed by atoms with Crippen LogP contribution in [0.4, 0.5) is 18.9 Å². The summed E-state index contributed by atoms with van der Waals surface area (Å²) >= 11 is 0. The van der Waals surface area contributed by atoms with Crippen LogP contribution in [0, 0.1) is 0 Å². The number of carboxylic acids is 1. The van der Waals surface area contributed by atoms with Gasteiger partial charge >= 0.3 is 12.1 Å². The summed E-state index contributed by atoms with van der Waals surface area (Å²) in [5.74, 6) is -2.73. The number of nitrogens with zero attached hydrogens (tertiary/aromatic N) is 2. The molecule has 8 nitrogen and oxygen atoms in total. The van der Waals surface area contributed by atoms with E-state index in [0.29, 0.717) is 5.56 Å². The van der Waals surface area contributed by atoms with Gasteiger partial charge in [-0.15, -0.1) is 0 Å². The molecule has 0 radical (unpaired) electrons. The van der Waals surface area contributed by atoms with E-state index < -0.39 is 12.1 Å². The molecule has 2 aromatic rings. The first-order valence-electron chi connectivity index (χ1n) is 11.5. The van der Waals surface area contributed by atoms with Gasteiger partial charge in [-0.3, -0.25) is 14.9 Å². The van der Waals surface area contributed by atoms with Gasteiger partial charge in [0.2, 0.25) is 5.91 Å². The van der Waals surface area contributed by atoms with Crippen molar-refractivity contribution in [3.05, 3.63) is 65.7 Å². The lowest BCUT2D eigenvalue weighted by Gasteiger charge is -2.32. The van der Waals surface area contributed by atoms with Gasteiger partial charge in [-0.05, 0) is 49.7 Å². The van der Waals surface area contributed by atoms with Crippen LogP contribution in [0.5, 0.6) is 0 Å². The molecular weight excluding hydrogens is 477 g/mol. The Morgan fingerprint density at radius 2 is 1.53 bits per heavy atom. The molecule has 0 saturated carbocycles. The van der Waals surface area contributed by atoms with E-state index in [0.717, 1.165) is 44.7 Å². The van der Waals surface area contributed by atoms with Crippen molar-refractivity contribution in [2.45, 2.75) is 31.1 Å². The summed E-state index contributed by atoms with van der Waals surface area (Å²) in [4.78, 5) is 38.3. The fourth-order valence-corrected chi connectivity index (χ4v) is 4.02. The lowest BCUT2D eigenvalue weighted by atomic mass is 10.1. The van der Waals surface area contributed by atoms with Crippen molar-refractivity contribution in [3.63, 3.8) is 0 Å². The average Bonchev–Trinajstić information content (AvgIpc) is 3.36. The first-order valence-corrected chi connectivity index (χ1v) is 11.5. The van der Waals surface area contributed by atoms with Crippen LogP contribution in [0.25, 0.3) is 0 Å². The number of likely N-dealkylation sites (N-methyl/N-ethyl adjacent to an activating group) is 1. The van der Waals surface area contributed by atoms with Gasteiger partial charge in [0.05, 0.1) is 6.04 Å². The Balaban J connectivity index is 0.000000454. The molecule has 2 amide bonds. The minimum absolute atomic E-state index is 0.0263. The summed E-state index contributed by atoms with van der Waals surface area (Å²) in [5.41, 5.74) is 2.60. The quantitative estimate of drug-likeness (QED) is 0.589. The first kappa shape index (κ1) is 27.2. The average molecular weight is 507 g/mol. The van der Waals surface area contributed by atoms with E-state index in [1.54, 1.807) is 12.1 Å². The normalized spacial score (nSPS) is 20.3.